The second kappa shape index (κ2) is 3.21. The van der Waals surface area contributed by atoms with E-state index < -0.39 is 0 Å². The summed E-state index contributed by atoms with van der Waals surface area (Å²) >= 11 is 0. The third-order valence-electron chi connectivity index (χ3n) is 1.63. The second-order valence-corrected chi connectivity index (χ2v) is 2.76. The predicted octanol–water partition coefficient (Wildman–Crippen LogP) is 2.19. The molecule has 0 saturated carbocycles. The SMILES string of the molecule is C#Cc1cnccc1C(C)C. The number of terminal acetylenes is 1. The molecule has 1 aromatic heterocycles. The first-order valence-electron chi connectivity index (χ1n) is 3.66. The summed E-state index contributed by atoms with van der Waals surface area (Å²) in [6.45, 7) is 4.24. The monoisotopic (exact) mass is 145 g/mol. The van der Waals surface area contributed by atoms with Gasteiger partial charge in [0.2, 0.25) is 0 Å². The fourth-order valence-corrected chi connectivity index (χ4v) is 1.03. The van der Waals surface area contributed by atoms with Gasteiger partial charge in [-0.3, -0.25) is 4.98 Å². The zero-order valence-corrected chi connectivity index (χ0v) is 6.83. The van der Waals surface area contributed by atoms with Gasteiger partial charge in [-0.15, -0.1) is 6.42 Å². The normalized spacial score (nSPS) is 9.64. The summed E-state index contributed by atoms with van der Waals surface area (Å²) in [6.07, 6.45) is 8.80. The van der Waals surface area contributed by atoms with Crippen LogP contribution in [0.1, 0.15) is 30.9 Å². The van der Waals surface area contributed by atoms with Crippen LogP contribution in [-0.4, -0.2) is 4.98 Å². The van der Waals surface area contributed by atoms with E-state index in [1.807, 2.05) is 6.07 Å². The number of pyridine rings is 1. The van der Waals surface area contributed by atoms with Crippen LogP contribution in [0.25, 0.3) is 0 Å². The Morgan fingerprint density at radius 1 is 1.55 bits per heavy atom. The van der Waals surface area contributed by atoms with Crippen molar-refractivity contribution < 1.29 is 0 Å². The molecule has 0 fully saturated rings. The van der Waals surface area contributed by atoms with Crippen molar-refractivity contribution in [1.29, 1.82) is 0 Å². The van der Waals surface area contributed by atoms with Crippen LogP contribution in [-0.2, 0) is 0 Å². The Labute approximate surface area is 67.5 Å². The summed E-state index contributed by atoms with van der Waals surface area (Å²) in [5.74, 6) is 3.09. The molecule has 0 aliphatic rings. The van der Waals surface area contributed by atoms with Crippen LogP contribution in [0, 0.1) is 12.3 Å². The Morgan fingerprint density at radius 3 is 2.73 bits per heavy atom. The van der Waals surface area contributed by atoms with E-state index in [0.29, 0.717) is 5.92 Å². The molecule has 0 bridgehead atoms. The summed E-state index contributed by atoms with van der Waals surface area (Å²) in [7, 11) is 0. The van der Waals surface area contributed by atoms with Crippen molar-refractivity contribution in [3.63, 3.8) is 0 Å². The minimum absolute atomic E-state index is 0.476. The molecule has 0 spiro atoms. The maximum atomic E-state index is 5.30. The molecule has 0 unspecified atom stereocenters. The first-order valence-corrected chi connectivity index (χ1v) is 3.66. The van der Waals surface area contributed by atoms with E-state index in [1.54, 1.807) is 12.4 Å². The van der Waals surface area contributed by atoms with Gasteiger partial charge in [0.25, 0.3) is 0 Å². The van der Waals surface area contributed by atoms with Crippen molar-refractivity contribution >= 4 is 0 Å². The highest BCUT2D eigenvalue weighted by molar-refractivity contribution is 5.38. The van der Waals surface area contributed by atoms with Crippen molar-refractivity contribution in [3.05, 3.63) is 29.6 Å². The Kier molecular flexibility index (Phi) is 2.28. The molecule has 0 atom stereocenters. The van der Waals surface area contributed by atoms with E-state index in [2.05, 4.69) is 24.8 Å². The molecule has 0 radical (unpaired) electrons. The smallest absolute Gasteiger partial charge is 0.0460 e. The zero-order chi connectivity index (χ0) is 8.27. The minimum Gasteiger partial charge on any atom is -0.263 e. The molecule has 0 aliphatic heterocycles. The Hall–Kier alpha value is -1.29. The lowest BCUT2D eigenvalue weighted by Crippen LogP contribution is -1.92. The first kappa shape index (κ1) is 7.81. The maximum absolute atomic E-state index is 5.30. The molecule has 1 rings (SSSR count). The van der Waals surface area contributed by atoms with Gasteiger partial charge in [0.1, 0.15) is 0 Å². The Morgan fingerprint density at radius 2 is 2.27 bits per heavy atom. The van der Waals surface area contributed by atoms with Crippen LogP contribution >= 0.6 is 0 Å². The topological polar surface area (TPSA) is 12.9 Å². The molecule has 1 nitrogen and oxygen atoms in total. The molecule has 0 N–H and O–H groups in total. The van der Waals surface area contributed by atoms with E-state index in [4.69, 9.17) is 6.42 Å². The van der Waals surface area contributed by atoms with Gasteiger partial charge in [0.15, 0.2) is 0 Å². The maximum Gasteiger partial charge on any atom is 0.0460 e. The van der Waals surface area contributed by atoms with Crippen LogP contribution in [0.2, 0.25) is 0 Å². The Bertz CT molecular complexity index is 281. The molecule has 1 heteroatoms. The minimum atomic E-state index is 0.476. The lowest BCUT2D eigenvalue weighted by molar-refractivity contribution is 0.859. The summed E-state index contributed by atoms with van der Waals surface area (Å²) < 4.78 is 0. The number of aromatic nitrogens is 1. The molecule has 0 aliphatic carbocycles. The molecular formula is C10H11N. The van der Waals surface area contributed by atoms with Crippen LogP contribution in [0.4, 0.5) is 0 Å². The van der Waals surface area contributed by atoms with Crippen LogP contribution in [0.3, 0.4) is 0 Å². The lowest BCUT2D eigenvalue weighted by atomic mass is 10.00. The highest BCUT2D eigenvalue weighted by Crippen LogP contribution is 2.16. The number of rotatable bonds is 1. The average molecular weight is 145 g/mol. The van der Waals surface area contributed by atoms with Gasteiger partial charge in [-0.2, -0.15) is 0 Å². The van der Waals surface area contributed by atoms with E-state index in [1.165, 1.54) is 5.56 Å². The van der Waals surface area contributed by atoms with Gasteiger partial charge < -0.3 is 0 Å². The molecular weight excluding hydrogens is 134 g/mol. The van der Waals surface area contributed by atoms with Crippen LogP contribution in [0.5, 0.6) is 0 Å². The van der Waals surface area contributed by atoms with Gasteiger partial charge in [-0.25, -0.2) is 0 Å². The first-order chi connectivity index (χ1) is 5.25. The molecule has 0 saturated heterocycles. The third-order valence-corrected chi connectivity index (χ3v) is 1.63. The van der Waals surface area contributed by atoms with Gasteiger partial charge in [-0.1, -0.05) is 19.8 Å². The van der Waals surface area contributed by atoms with Crippen molar-refractivity contribution in [2.75, 3.05) is 0 Å². The van der Waals surface area contributed by atoms with Crippen LogP contribution < -0.4 is 0 Å². The van der Waals surface area contributed by atoms with Crippen LogP contribution in [0.15, 0.2) is 18.5 Å². The Balaban J connectivity index is 3.15. The van der Waals surface area contributed by atoms with E-state index in [-0.39, 0.29) is 0 Å². The summed E-state index contributed by atoms with van der Waals surface area (Å²) in [5.41, 5.74) is 2.10. The zero-order valence-electron chi connectivity index (χ0n) is 6.83. The van der Waals surface area contributed by atoms with E-state index in [9.17, 15) is 0 Å². The predicted molar refractivity (Wildman–Crippen MR) is 46.3 cm³/mol. The fourth-order valence-electron chi connectivity index (χ4n) is 1.03. The van der Waals surface area contributed by atoms with Crippen molar-refractivity contribution in [1.82, 2.24) is 4.98 Å². The summed E-state index contributed by atoms with van der Waals surface area (Å²) in [4.78, 5) is 3.96. The number of hydrogen-bond acceptors (Lipinski definition) is 1. The summed E-state index contributed by atoms with van der Waals surface area (Å²) in [5, 5.41) is 0. The van der Waals surface area contributed by atoms with Gasteiger partial charge >= 0.3 is 0 Å². The number of hydrogen-bond donors (Lipinski definition) is 0. The molecule has 56 valence electrons. The molecule has 1 aromatic rings. The lowest BCUT2D eigenvalue weighted by Gasteiger charge is -2.06. The largest absolute Gasteiger partial charge is 0.263 e. The highest BCUT2D eigenvalue weighted by atomic mass is 14.6. The second-order valence-electron chi connectivity index (χ2n) is 2.76. The third kappa shape index (κ3) is 1.59. The summed E-state index contributed by atoms with van der Waals surface area (Å²) in [6, 6.07) is 1.97. The van der Waals surface area contributed by atoms with E-state index >= 15 is 0 Å². The standard InChI is InChI=1S/C10H11N/c1-4-9-7-11-6-5-10(9)8(2)3/h1,5-8H,2-3H3. The molecule has 11 heavy (non-hydrogen) atoms. The van der Waals surface area contributed by atoms with Gasteiger partial charge in [0.05, 0.1) is 0 Å². The highest BCUT2D eigenvalue weighted by Gasteiger charge is 2.02. The molecule has 0 amide bonds. The van der Waals surface area contributed by atoms with Gasteiger partial charge in [-0.05, 0) is 17.5 Å². The average Bonchev–Trinajstić information content (AvgIpc) is 2.04. The molecule has 1 heterocycles. The van der Waals surface area contributed by atoms with Gasteiger partial charge in [0, 0.05) is 18.0 Å². The van der Waals surface area contributed by atoms with Crippen molar-refractivity contribution in [2.45, 2.75) is 19.8 Å². The molecule has 0 aromatic carbocycles. The quantitative estimate of drug-likeness (QED) is 0.552. The van der Waals surface area contributed by atoms with Crippen molar-refractivity contribution in [2.24, 2.45) is 0 Å². The van der Waals surface area contributed by atoms with Crippen molar-refractivity contribution in [3.8, 4) is 12.3 Å². The number of nitrogens with zero attached hydrogens (tertiary/aromatic N) is 1. The fraction of sp³-hybridized carbons (Fsp3) is 0.300. The van der Waals surface area contributed by atoms with E-state index in [0.717, 1.165) is 5.56 Å².